The van der Waals surface area contributed by atoms with Crippen LogP contribution in [0.4, 0.5) is 5.69 Å². The largest absolute Gasteiger partial charge is 0.330 e. The first-order chi connectivity index (χ1) is 8.39. The Morgan fingerprint density at radius 3 is 2.72 bits per heavy atom. The van der Waals surface area contributed by atoms with Gasteiger partial charge in [-0.1, -0.05) is 17.7 Å². The molecule has 2 rings (SSSR count). The molecule has 1 atom stereocenters. The van der Waals surface area contributed by atoms with E-state index in [-0.39, 0.29) is 17.4 Å². The zero-order valence-corrected chi connectivity index (χ0v) is 11.8. The Hall–Kier alpha value is -1.06. The molecular weight excluding hydrogens is 248 g/mol. The first-order valence-electron chi connectivity index (χ1n) is 6.17. The quantitative estimate of drug-likeness (QED) is 0.895. The number of nitrogens with zero attached hydrogens (tertiary/aromatic N) is 1. The van der Waals surface area contributed by atoms with Gasteiger partial charge in [-0.25, -0.2) is 0 Å². The van der Waals surface area contributed by atoms with Crippen LogP contribution in [0.15, 0.2) is 18.2 Å². The van der Waals surface area contributed by atoms with Crippen LogP contribution in [0.5, 0.6) is 0 Å². The number of benzene rings is 1. The Balaban J connectivity index is 2.50. The molecule has 0 aromatic heterocycles. The fraction of sp³-hybridized carbons (Fsp3) is 0.500. The van der Waals surface area contributed by atoms with Gasteiger partial charge in [-0.2, -0.15) is 0 Å². The van der Waals surface area contributed by atoms with Crippen molar-refractivity contribution in [2.24, 2.45) is 11.7 Å². The van der Waals surface area contributed by atoms with Crippen LogP contribution >= 0.6 is 11.6 Å². The maximum absolute atomic E-state index is 12.3. The van der Waals surface area contributed by atoms with Gasteiger partial charge in [0.25, 0.3) is 0 Å². The van der Waals surface area contributed by atoms with Gasteiger partial charge in [-0.3, -0.25) is 4.79 Å². The summed E-state index contributed by atoms with van der Waals surface area (Å²) in [6.45, 7) is 6.59. The Bertz CT molecular complexity index is 485. The molecule has 0 spiro atoms. The molecule has 1 aliphatic heterocycles. The molecule has 1 saturated heterocycles. The topological polar surface area (TPSA) is 46.3 Å². The zero-order chi connectivity index (χ0) is 13.5. The Labute approximate surface area is 113 Å². The monoisotopic (exact) mass is 266 g/mol. The maximum atomic E-state index is 12.3. The summed E-state index contributed by atoms with van der Waals surface area (Å²) in [6.07, 6.45) is 0.509. The predicted molar refractivity (Wildman–Crippen MR) is 74.9 cm³/mol. The lowest BCUT2D eigenvalue weighted by atomic mass is 9.88. The highest BCUT2D eigenvalue weighted by Crippen LogP contribution is 2.41. The van der Waals surface area contributed by atoms with Gasteiger partial charge in [-0.05, 0) is 45.0 Å². The van der Waals surface area contributed by atoms with Crippen LogP contribution in [0.1, 0.15) is 25.8 Å². The molecular formula is C14H19ClN2O. The van der Waals surface area contributed by atoms with E-state index >= 15 is 0 Å². The SMILES string of the molecule is Cc1c(Cl)cccc1N1C(=O)CC(CN)C1(C)C. The van der Waals surface area contributed by atoms with Crippen molar-refractivity contribution >= 4 is 23.2 Å². The van der Waals surface area contributed by atoms with Crippen molar-refractivity contribution in [1.82, 2.24) is 0 Å². The van der Waals surface area contributed by atoms with Gasteiger partial charge >= 0.3 is 0 Å². The maximum Gasteiger partial charge on any atom is 0.227 e. The molecule has 0 aliphatic carbocycles. The van der Waals surface area contributed by atoms with Crippen LogP contribution in [-0.4, -0.2) is 18.0 Å². The van der Waals surface area contributed by atoms with Gasteiger partial charge < -0.3 is 10.6 Å². The number of hydrogen-bond acceptors (Lipinski definition) is 2. The van der Waals surface area contributed by atoms with E-state index in [0.29, 0.717) is 18.0 Å². The summed E-state index contributed by atoms with van der Waals surface area (Å²) in [7, 11) is 0. The summed E-state index contributed by atoms with van der Waals surface area (Å²) in [4.78, 5) is 14.1. The number of amides is 1. The van der Waals surface area contributed by atoms with Gasteiger partial charge in [0.2, 0.25) is 5.91 Å². The summed E-state index contributed by atoms with van der Waals surface area (Å²) >= 11 is 6.14. The lowest BCUT2D eigenvalue weighted by Gasteiger charge is -2.36. The molecule has 1 heterocycles. The van der Waals surface area contributed by atoms with Crippen LogP contribution in [0.2, 0.25) is 5.02 Å². The molecule has 1 aromatic rings. The average molecular weight is 267 g/mol. The normalized spacial score (nSPS) is 22.6. The van der Waals surface area contributed by atoms with Crippen LogP contribution in [0.25, 0.3) is 0 Å². The first-order valence-corrected chi connectivity index (χ1v) is 6.55. The van der Waals surface area contributed by atoms with Gasteiger partial charge in [0, 0.05) is 28.6 Å². The van der Waals surface area contributed by atoms with Crippen molar-refractivity contribution in [2.75, 3.05) is 11.4 Å². The van der Waals surface area contributed by atoms with Crippen LogP contribution in [0, 0.1) is 12.8 Å². The highest BCUT2D eigenvalue weighted by atomic mass is 35.5. The van der Waals surface area contributed by atoms with Crippen LogP contribution in [0.3, 0.4) is 0 Å². The third kappa shape index (κ3) is 1.91. The minimum Gasteiger partial charge on any atom is -0.330 e. The lowest BCUT2D eigenvalue weighted by molar-refractivity contribution is -0.117. The van der Waals surface area contributed by atoms with Gasteiger partial charge in [0.05, 0.1) is 0 Å². The molecule has 0 radical (unpaired) electrons. The minimum absolute atomic E-state index is 0.126. The summed E-state index contributed by atoms with van der Waals surface area (Å²) in [5.41, 5.74) is 7.35. The smallest absolute Gasteiger partial charge is 0.227 e. The molecule has 1 amide bonds. The number of rotatable bonds is 2. The van der Waals surface area contributed by atoms with E-state index in [0.717, 1.165) is 11.3 Å². The minimum atomic E-state index is -0.263. The van der Waals surface area contributed by atoms with Crippen molar-refractivity contribution in [1.29, 1.82) is 0 Å². The average Bonchev–Trinajstić information content (AvgIpc) is 2.53. The molecule has 1 aromatic carbocycles. The number of carbonyl (C=O) groups is 1. The van der Waals surface area contributed by atoms with Crippen molar-refractivity contribution in [3.8, 4) is 0 Å². The van der Waals surface area contributed by atoms with E-state index in [1.54, 1.807) is 0 Å². The van der Waals surface area contributed by atoms with Crippen molar-refractivity contribution < 1.29 is 4.79 Å². The van der Waals surface area contributed by atoms with E-state index in [1.807, 2.05) is 30.0 Å². The Morgan fingerprint density at radius 1 is 1.50 bits per heavy atom. The van der Waals surface area contributed by atoms with E-state index in [1.165, 1.54) is 0 Å². The van der Waals surface area contributed by atoms with Crippen molar-refractivity contribution in [2.45, 2.75) is 32.7 Å². The van der Waals surface area contributed by atoms with E-state index in [9.17, 15) is 4.79 Å². The number of anilines is 1. The fourth-order valence-electron chi connectivity index (χ4n) is 2.71. The molecule has 0 bridgehead atoms. The zero-order valence-electron chi connectivity index (χ0n) is 11.0. The number of nitrogens with two attached hydrogens (primary N) is 1. The molecule has 1 unspecified atom stereocenters. The number of hydrogen-bond donors (Lipinski definition) is 1. The van der Waals surface area contributed by atoms with E-state index in [4.69, 9.17) is 17.3 Å². The molecule has 98 valence electrons. The third-order valence-corrected chi connectivity index (χ3v) is 4.42. The second kappa shape index (κ2) is 4.56. The highest BCUT2D eigenvalue weighted by molar-refractivity contribution is 6.31. The standard InChI is InChI=1S/C14H19ClN2O/c1-9-11(15)5-4-6-12(9)17-13(18)7-10(8-16)14(17,2)3/h4-6,10H,7-8,16H2,1-3H3. The third-order valence-electron chi connectivity index (χ3n) is 4.01. The highest BCUT2D eigenvalue weighted by Gasteiger charge is 2.46. The summed E-state index contributed by atoms with van der Waals surface area (Å²) < 4.78 is 0. The lowest BCUT2D eigenvalue weighted by Crippen LogP contribution is -2.46. The molecule has 4 heteroatoms. The summed E-state index contributed by atoms with van der Waals surface area (Å²) in [6, 6.07) is 5.66. The molecule has 1 fully saturated rings. The second-order valence-electron chi connectivity index (χ2n) is 5.40. The Kier molecular flexibility index (Phi) is 3.39. The Morgan fingerprint density at radius 2 is 2.17 bits per heavy atom. The van der Waals surface area contributed by atoms with Gasteiger partial charge in [-0.15, -0.1) is 0 Å². The molecule has 0 saturated carbocycles. The summed E-state index contributed by atoms with van der Waals surface area (Å²) in [5.74, 6) is 0.309. The molecule has 18 heavy (non-hydrogen) atoms. The van der Waals surface area contributed by atoms with Gasteiger partial charge in [0.1, 0.15) is 0 Å². The second-order valence-corrected chi connectivity index (χ2v) is 5.81. The number of carbonyl (C=O) groups excluding carboxylic acids is 1. The van der Waals surface area contributed by atoms with E-state index in [2.05, 4.69) is 13.8 Å². The van der Waals surface area contributed by atoms with Crippen LogP contribution < -0.4 is 10.6 Å². The first kappa shape index (κ1) is 13.4. The molecule has 1 aliphatic rings. The fourth-order valence-corrected chi connectivity index (χ4v) is 2.88. The van der Waals surface area contributed by atoms with Gasteiger partial charge in [0.15, 0.2) is 0 Å². The summed E-state index contributed by atoms with van der Waals surface area (Å²) in [5, 5.41) is 0.687. The van der Waals surface area contributed by atoms with E-state index < -0.39 is 0 Å². The van der Waals surface area contributed by atoms with Crippen molar-refractivity contribution in [3.05, 3.63) is 28.8 Å². The van der Waals surface area contributed by atoms with Crippen molar-refractivity contribution in [3.63, 3.8) is 0 Å². The molecule has 3 nitrogen and oxygen atoms in total. The van der Waals surface area contributed by atoms with Crippen LogP contribution in [-0.2, 0) is 4.79 Å². The molecule has 2 N–H and O–H groups in total. The predicted octanol–water partition coefficient (Wildman–Crippen LogP) is 2.74. The number of halogens is 1.